The predicted octanol–water partition coefficient (Wildman–Crippen LogP) is 1.64. The number of likely N-dealkylation sites (tertiary alicyclic amines) is 1. The molecule has 2 amide bonds. The van der Waals surface area contributed by atoms with Gasteiger partial charge in [0.1, 0.15) is 5.60 Å². The van der Waals surface area contributed by atoms with Crippen molar-refractivity contribution < 1.29 is 22.7 Å². The average Bonchev–Trinajstić information content (AvgIpc) is 2.60. The van der Waals surface area contributed by atoms with Gasteiger partial charge in [-0.1, -0.05) is 12.1 Å². The predicted molar refractivity (Wildman–Crippen MR) is 105 cm³/mol. The van der Waals surface area contributed by atoms with Gasteiger partial charge in [0.05, 0.1) is 10.8 Å². The van der Waals surface area contributed by atoms with Gasteiger partial charge in [0.15, 0.2) is 0 Å². The first-order valence-corrected chi connectivity index (χ1v) is 10.9. The van der Waals surface area contributed by atoms with Crippen LogP contribution in [0.3, 0.4) is 0 Å². The van der Waals surface area contributed by atoms with E-state index in [1.165, 1.54) is 12.1 Å². The fourth-order valence-electron chi connectivity index (χ4n) is 3.00. The smallest absolute Gasteiger partial charge is 0.410 e. The molecule has 0 aliphatic carbocycles. The van der Waals surface area contributed by atoms with Crippen LogP contribution in [0.15, 0.2) is 29.2 Å². The summed E-state index contributed by atoms with van der Waals surface area (Å²) in [5.74, 6) is -0.347. The molecule has 156 valence electrons. The topological polar surface area (TPSA) is 119 Å². The van der Waals surface area contributed by atoms with E-state index in [1.54, 1.807) is 17.0 Å². The Morgan fingerprint density at radius 3 is 2.46 bits per heavy atom. The third-order valence-corrected chi connectivity index (χ3v) is 5.34. The van der Waals surface area contributed by atoms with Gasteiger partial charge in [0.25, 0.3) is 0 Å². The number of hydrogen-bond donors (Lipinski definition) is 2. The van der Waals surface area contributed by atoms with Gasteiger partial charge in [-0.3, -0.25) is 4.79 Å². The quantitative estimate of drug-likeness (QED) is 0.763. The number of sulfonamides is 1. The fraction of sp³-hybridized carbons (Fsp3) is 0.579. The molecule has 1 saturated heterocycles. The normalized spacial score (nSPS) is 17.9. The molecule has 0 bridgehead atoms. The zero-order chi connectivity index (χ0) is 20.9. The summed E-state index contributed by atoms with van der Waals surface area (Å²) in [6, 6.07) is 6.26. The van der Waals surface area contributed by atoms with Gasteiger partial charge in [-0.25, -0.2) is 18.4 Å². The molecule has 0 radical (unpaired) electrons. The third kappa shape index (κ3) is 6.79. The van der Waals surface area contributed by atoms with E-state index in [2.05, 4.69) is 5.32 Å². The molecular weight excluding hydrogens is 382 g/mol. The van der Waals surface area contributed by atoms with Crippen molar-refractivity contribution in [1.82, 2.24) is 10.2 Å². The van der Waals surface area contributed by atoms with Crippen molar-refractivity contribution in [3.63, 3.8) is 0 Å². The minimum Gasteiger partial charge on any atom is -0.444 e. The number of rotatable bonds is 5. The Hall–Kier alpha value is -2.13. The molecule has 9 heteroatoms. The van der Waals surface area contributed by atoms with Crippen LogP contribution in [-0.4, -0.2) is 50.6 Å². The summed E-state index contributed by atoms with van der Waals surface area (Å²) in [6.07, 6.45) is 1.67. The number of hydrogen-bond acceptors (Lipinski definition) is 5. The molecule has 8 nitrogen and oxygen atoms in total. The molecule has 28 heavy (non-hydrogen) atoms. The highest BCUT2D eigenvalue weighted by molar-refractivity contribution is 7.89. The first-order chi connectivity index (χ1) is 13.0. The summed E-state index contributed by atoms with van der Waals surface area (Å²) in [5.41, 5.74) is 0.331. The lowest BCUT2D eigenvalue weighted by Crippen LogP contribution is -2.47. The standard InChI is InChI=1S/C19H29N3O5S/c1-19(2,3)27-18(24)22-12-4-5-15(13-22)17(23)21-11-10-14-6-8-16(9-7-14)28(20,25)26/h6-9,15H,4-5,10-13H2,1-3H3,(H,21,23)(H2,20,25,26). The molecule has 2 rings (SSSR count). The van der Waals surface area contributed by atoms with Crippen molar-refractivity contribution in [3.8, 4) is 0 Å². The Balaban J connectivity index is 1.81. The third-order valence-electron chi connectivity index (χ3n) is 4.41. The van der Waals surface area contributed by atoms with Crippen molar-refractivity contribution in [2.75, 3.05) is 19.6 Å². The van der Waals surface area contributed by atoms with E-state index in [0.717, 1.165) is 18.4 Å². The summed E-state index contributed by atoms with van der Waals surface area (Å²) in [7, 11) is -3.70. The highest BCUT2D eigenvalue weighted by atomic mass is 32.2. The monoisotopic (exact) mass is 411 g/mol. The van der Waals surface area contributed by atoms with Crippen molar-refractivity contribution >= 4 is 22.0 Å². The number of nitrogens with one attached hydrogen (secondary N) is 1. The van der Waals surface area contributed by atoms with E-state index >= 15 is 0 Å². The number of carbonyl (C=O) groups excluding carboxylic acids is 2. The Labute approximate surface area is 166 Å². The minimum absolute atomic E-state index is 0.0599. The van der Waals surface area contributed by atoms with Crippen LogP contribution in [-0.2, 0) is 26.0 Å². The Morgan fingerprint density at radius 1 is 1.25 bits per heavy atom. The molecule has 0 saturated carbocycles. The van der Waals surface area contributed by atoms with Crippen LogP contribution < -0.4 is 10.5 Å². The van der Waals surface area contributed by atoms with Crippen LogP contribution in [0.5, 0.6) is 0 Å². The van der Waals surface area contributed by atoms with Gasteiger partial charge in [-0.2, -0.15) is 0 Å². The van der Waals surface area contributed by atoms with Crippen LogP contribution in [0, 0.1) is 5.92 Å². The van der Waals surface area contributed by atoms with E-state index in [-0.39, 0.29) is 22.8 Å². The maximum absolute atomic E-state index is 12.4. The number of amides is 2. The van der Waals surface area contributed by atoms with Crippen molar-refractivity contribution in [1.29, 1.82) is 0 Å². The molecule has 1 fully saturated rings. The van der Waals surface area contributed by atoms with Crippen LogP contribution in [0.25, 0.3) is 0 Å². The zero-order valence-electron chi connectivity index (χ0n) is 16.6. The number of piperidine rings is 1. The summed E-state index contributed by atoms with van der Waals surface area (Å²) >= 11 is 0. The molecule has 1 heterocycles. The van der Waals surface area contributed by atoms with E-state index in [4.69, 9.17) is 9.88 Å². The fourth-order valence-corrected chi connectivity index (χ4v) is 3.52. The molecule has 1 aromatic rings. The van der Waals surface area contributed by atoms with Crippen LogP contribution in [0.2, 0.25) is 0 Å². The first kappa shape index (κ1) is 22.2. The average molecular weight is 412 g/mol. The molecule has 1 atom stereocenters. The van der Waals surface area contributed by atoms with E-state index in [0.29, 0.717) is 26.1 Å². The van der Waals surface area contributed by atoms with Gasteiger partial charge in [0, 0.05) is 19.6 Å². The number of carbonyl (C=O) groups is 2. The second-order valence-electron chi connectivity index (χ2n) is 8.00. The lowest BCUT2D eigenvalue weighted by Gasteiger charge is -2.33. The molecule has 1 aliphatic heterocycles. The molecule has 3 N–H and O–H groups in total. The molecule has 1 aliphatic rings. The Morgan fingerprint density at radius 2 is 1.89 bits per heavy atom. The van der Waals surface area contributed by atoms with Crippen molar-refractivity contribution in [2.24, 2.45) is 11.1 Å². The highest BCUT2D eigenvalue weighted by Crippen LogP contribution is 2.19. The summed E-state index contributed by atoms with van der Waals surface area (Å²) in [5, 5.41) is 7.97. The molecule has 1 aromatic carbocycles. The minimum atomic E-state index is -3.70. The lowest BCUT2D eigenvalue weighted by molar-refractivity contribution is -0.126. The molecular formula is C19H29N3O5S. The van der Waals surface area contributed by atoms with Gasteiger partial charge in [-0.15, -0.1) is 0 Å². The van der Waals surface area contributed by atoms with Crippen LogP contribution in [0.4, 0.5) is 4.79 Å². The van der Waals surface area contributed by atoms with Gasteiger partial charge < -0.3 is 15.0 Å². The second-order valence-corrected chi connectivity index (χ2v) is 9.56. The zero-order valence-corrected chi connectivity index (χ0v) is 17.4. The van der Waals surface area contributed by atoms with E-state index < -0.39 is 15.6 Å². The maximum atomic E-state index is 12.4. The first-order valence-electron chi connectivity index (χ1n) is 9.33. The summed E-state index contributed by atoms with van der Waals surface area (Å²) < 4.78 is 27.9. The van der Waals surface area contributed by atoms with Gasteiger partial charge in [-0.05, 0) is 57.7 Å². The molecule has 0 aromatic heterocycles. The number of ether oxygens (including phenoxy) is 1. The molecule has 0 spiro atoms. The summed E-state index contributed by atoms with van der Waals surface area (Å²) in [4.78, 5) is 26.3. The number of nitrogens with two attached hydrogens (primary N) is 1. The highest BCUT2D eigenvalue weighted by Gasteiger charge is 2.30. The SMILES string of the molecule is CC(C)(C)OC(=O)N1CCCC(C(=O)NCCc2ccc(S(N)(=O)=O)cc2)C1. The largest absolute Gasteiger partial charge is 0.444 e. The van der Waals surface area contributed by atoms with Crippen LogP contribution >= 0.6 is 0 Å². The van der Waals surface area contributed by atoms with Crippen molar-refractivity contribution in [2.45, 2.75) is 50.5 Å². The van der Waals surface area contributed by atoms with Crippen molar-refractivity contribution in [3.05, 3.63) is 29.8 Å². The summed E-state index contributed by atoms with van der Waals surface area (Å²) in [6.45, 7) is 6.81. The number of primary sulfonamides is 1. The van der Waals surface area contributed by atoms with Gasteiger partial charge in [0.2, 0.25) is 15.9 Å². The van der Waals surface area contributed by atoms with Gasteiger partial charge >= 0.3 is 6.09 Å². The maximum Gasteiger partial charge on any atom is 0.410 e. The Bertz CT molecular complexity index is 800. The lowest BCUT2D eigenvalue weighted by atomic mass is 9.97. The molecule has 1 unspecified atom stereocenters. The number of nitrogens with zero attached hydrogens (tertiary/aromatic N) is 1. The van der Waals surface area contributed by atoms with E-state index in [9.17, 15) is 18.0 Å². The second kappa shape index (κ2) is 8.91. The van der Waals surface area contributed by atoms with Crippen LogP contribution in [0.1, 0.15) is 39.2 Å². The van der Waals surface area contributed by atoms with E-state index in [1.807, 2.05) is 20.8 Å². The Kier molecular flexibility index (Phi) is 7.06. The number of benzene rings is 1.